The second-order valence-electron chi connectivity index (χ2n) is 2.56. The monoisotopic (exact) mass is 196 g/mol. The van der Waals surface area contributed by atoms with Crippen LogP contribution in [-0.4, -0.2) is 25.1 Å². The maximum absolute atomic E-state index is 10.5. The number of hydrogen-bond donors (Lipinski definition) is 1. The minimum atomic E-state index is -3.73. The number of primary sulfonamides is 1. The second kappa shape index (κ2) is 4.36. The average Bonchev–Trinajstić information content (AvgIpc) is 1.83. The third-order valence-electron chi connectivity index (χ3n) is 1.34. The quantitative estimate of drug-likeness (QED) is 0.482. The van der Waals surface area contributed by atoms with Crippen molar-refractivity contribution < 1.29 is 13.3 Å². The topological polar surface area (TPSA) is 103 Å². The molecule has 12 heavy (non-hydrogen) atoms. The van der Waals surface area contributed by atoms with Crippen LogP contribution in [0.25, 0.3) is 0 Å². The van der Waals surface area contributed by atoms with E-state index in [-0.39, 0.29) is 6.42 Å². The van der Waals surface area contributed by atoms with Crippen molar-refractivity contribution in [2.75, 3.05) is 5.75 Å². The van der Waals surface area contributed by atoms with Crippen LogP contribution in [0, 0.1) is 10.1 Å². The molecule has 0 radical (unpaired) electrons. The van der Waals surface area contributed by atoms with Crippen LogP contribution in [0.5, 0.6) is 0 Å². The molecule has 0 rings (SSSR count). The van der Waals surface area contributed by atoms with Crippen LogP contribution in [-0.2, 0) is 10.0 Å². The third-order valence-corrected chi connectivity index (χ3v) is 2.19. The Hall–Kier alpha value is -0.690. The van der Waals surface area contributed by atoms with Crippen molar-refractivity contribution in [3.63, 3.8) is 0 Å². The van der Waals surface area contributed by atoms with Crippen LogP contribution in [0.2, 0.25) is 0 Å². The summed E-state index contributed by atoms with van der Waals surface area (Å²) in [6.45, 7) is 1.75. The summed E-state index contributed by atoms with van der Waals surface area (Å²) in [7, 11) is -3.73. The Balaban J connectivity index is 4.24. The minimum absolute atomic E-state index is 0.240. The fraction of sp³-hybridized carbons (Fsp3) is 1.00. The van der Waals surface area contributed by atoms with Gasteiger partial charge >= 0.3 is 0 Å². The predicted octanol–water partition coefficient (Wildman–Crippen LogP) is -0.280. The lowest BCUT2D eigenvalue weighted by molar-refractivity contribution is -0.517. The van der Waals surface area contributed by atoms with Crippen molar-refractivity contribution in [3.8, 4) is 0 Å². The summed E-state index contributed by atoms with van der Waals surface area (Å²) >= 11 is 0. The number of nitro groups is 1. The Morgan fingerprint density at radius 3 is 2.33 bits per heavy atom. The summed E-state index contributed by atoms with van der Waals surface area (Å²) in [5.74, 6) is -0.576. The molecule has 0 aromatic heterocycles. The van der Waals surface area contributed by atoms with E-state index in [1.807, 2.05) is 0 Å². The molecule has 0 aliphatic rings. The van der Waals surface area contributed by atoms with Gasteiger partial charge < -0.3 is 0 Å². The molecule has 0 heterocycles. The van der Waals surface area contributed by atoms with Crippen LogP contribution in [0.1, 0.15) is 19.8 Å². The van der Waals surface area contributed by atoms with Gasteiger partial charge in [-0.15, -0.1) is 0 Å². The fourth-order valence-electron chi connectivity index (χ4n) is 0.851. The SMILES string of the molecule is CCCC(CS(N)(=O)=O)[N+](=O)[O-]. The van der Waals surface area contributed by atoms with Gasteiger partial charge in [-0.3, -0.25) is 10.1 Å². The first-order valence-electron chi connectivity index (χ1n) is 3.50. The molecule has 0 aromatic carbocycles. The van der Waals surface area contributed by atoms with Crippen LogP contribution in [0.3, 0.4) is 0 Å². The highest BCUT2D eigenvalue weighted by molar-refractivity contribution is 7.89. The van der Waals surface area contributed by atoms with Gasteiger partial charge in [0.15, 0.2) is 0 Å². The van der Waals surface area contributed by atoms with Gasteiger partial charge in [-0.05, 0) is 6.42 Å². The van der Waals surface area contributed by atoms with Crippen molar-refractivity contribution in [2.45, 2.75) is 25.8 Å². The Labute approximate surface area is 71.0 Å². The molecule has 0 spiro atoms. The molecule has 1 atom stereocenters. The average molecular weight is 196 g/mol. The molecule has 0 amide bonds. The Morgan fingerprint density at radius 2 is 2.08 bits per heavy atom. The molecule has 1 unspecified atom stereocenters. The van der Waals surface area contributed by atoms with Gasteiger partial charge in [0.05, 0.1) is 0 Å². The van der Waals surface area contributed by atoms with Crippen LogP contribution in [0.15, 0.2) is 0 Å². The van der Waals surface area contributed by atoms with Gasteiger partial charge in [0.25, 0.3) is 0 Å². The molecular weight excluding hydrogens is 184 g/mol. The van der Waals surface area contributed by atoms with E-state index in [9.17, 15) is 18.5 Å². The van der Waals surface area contributed by atoms with Crippen molar-refractivity contribution in [3.05, 3.63) is 10.1 Å². The standard InChI is InChI=1S/C5H12N2O4S/c1-2-3-5(7(8)9)4-12(6,10)11/h5H,2-4H2,1H3,(H2,6,10,11). The molecule has 0 aliphatic carbocycles. The van der Waals surface area contributed by atoms with E-state index in [0.717, 1.165) is 0 Å². The zero-order valence-electron chi connectivity index (χ0n) is 6.76. The first-order chi connectivity index (χ1) is 5.37. The molecule has 2 N–H and O–H groups in total. The molecule has 0 saturated heterocycles. The number of hydrogen-bond acceptors (Lipinski definition) is 4. The Kier molecular flexibility index (Phi) is 4.11. The highest BCUT2D eigenvalue weighted by atomic mass is 32.2. The lowest BCUT2D eigenvalue weighted by Crippen LogP contribution is -2.32. The van der Waals surface area contributed by atoms with Gasteiger partial charge in [0.1, 0.15) is 5.75 Å². The van der Waals surface area contributed by atoms with Crippen molar-refractivity contribution in [1.29, 1.82) is 0 Å². The molecule has 6 nitrogen and oxygen atoms in total. The second-order valence-corrected chi connectivity index (χ2v) is 4.22. The van der Waals surface area contributed by atoms with Gasteiger partial charge in [0, 0.05) is 11.3 Å². The molecule has 0 aromatic rings. The Bertz CT molecular complexity index is 248. The van der Waals surface area contributed by atoms with Crippen LogP contribution in [0.4, 0.5) is 0 Å². The van der Waals surface area contributed by atoms with E-state index in [4.69, 9.17) is 0 Å². The van der Waals surface area contributed by atoms with E-state index < -0.39 is 26.7 Å². The van der Waals surface area contributed by atoms with E-state index in [2.05, 4.69) is 5.14 Å². The maximum Gasteiger partial charge on any atom is 0.228 e. The highest BCUT2D eigenvalue weighted by Gasteiger charge is 2.24. The first-order valence-corrected chi connectivity index (χ1v) is 5.22. The van der Waals surface area contributed by atoms with Gasteiger partial charge in [-0.2, -0.15) is 0 Å². The van der Waals surface area contributed by atoms with E-state index in [1.165, 1.54) is 0 Å². The highest BCUT2D eigenvalue weighted by Crippen LogP contribution is 2.02. The van der Waals surface area contributed by atoms with Gasteiger partial charge in [-0.25, -0.2) is 13.6 Å². The van der Waals surface area contributed by atoms with E-state index in [1.54, 1.807) is 6.92 Å². The number of nitrogens with zero attached hydrogens (tertiary/aromatic N) is 1. The largest absolute Gasteiger partial charge is 0.264 e. The molecule has 0 aliphatic heterocycles. The lowest BCUT2D eigenvalue weighted by atomic mass is 10.2. The van der Waals surface area contributed by atoms with Crippen molar-refractivity contribution in [1.82, 2.24) is 0 Å². The molecule has 0 saturated carbocycles. The zero-order chi connectivity index (χ0) is 9.78. The van der Waals surface area contributed by atoms with Gasteiger partial charge in [-0.1, -0.05) is 6.92 Å². The molecule has 7 heteroatoms. The molecule has 72 valence electrons. The minimum Gasteiger partial charge on any atom is -0.264 e. The number of nitrogens with two attached hydrogens (primary N) is 1. The molecule has 0 fully saturated rings. The smallest absolute Gasteiger partial charge is 0.228 e. The van der Waals surface area contributed by atoms with Crippen molar-refractivity contribution in [2.24, 2.45) is 5.14 Å². The van der Waals surface area contributed by atoms with Crippen LogP contribution < -0.4 is 5.14 Å². The summed E-state index contributed by atoms with van der Waals surface area (Å²) in [5.41, 5.74) is 0. The lowest BCUT2D eigenvalue weighted by Gasteiger charge is -2.05. The Morgan fingerprint density at radius 1 is 1.58 bits per heavy atom. The van der Waals surface area contributed by atoms with E-state index >= 15 is 0 Å². The fourth-order valence-corrected chi connectivity index (χ4v) is 1.68. The van der Waals surface area contributed by atoms with Crippen molar-refractivity contribution >= 4 is 10.0 Å². The van der Waals surface area contributed by atoms with E-state index in [0.29, 0.717) is 6.42 Å². The van der Waals surface area contributed by atoms with Gasteiger partial charge in [0.2, 0.25) is 16.1 Å². The van der Waals surface area contributed by atoms with Crippen LogP contribution >= 0.6 is 0 Å². The summed E-state index contributed by atoms with van der Waals surface area (Å²) in [4.78, 5) is 9.65. The summed E-state index contributed by atoms with van der Waals surface area (Å²) in [5, 5.41) is 14.9. The zero-order valence-corrected chi connectivity index (χ0v) is 7.58. The summed E-state index contributed by atoms with van der Waals surface area (Å²) < 4.78 is 21.0. The first kappa shape index (κ1) is 11.3. The summed E-state index contributed by atoms with van der Waals surface area (Å²) in [6.07, 6.45) is 0.810. The molecule has 0 bridgehead atoms. The predicted molar refractivity (Wildman–Crippen MR) is 43.7 cm³/mol. The summed E-state index contributed by atoms with van der Waals surface area (Å²) in [6, 6.07) is -1.06. The molecular formula is C5H12N2O4S. The normalized spacial score (nSPS) is 14.2. The number of sulfonamides is 1. The maximum atomic E-state index is 10.5. The third kappa shape index (κ3) is 5.03. The number of rotatable bonds is 5.